The Morgan fingerprint density at radius 1 is 1.13 bits per heavy atom. The lowest BCUT2D eigenvalue weighted by Crippen LogP contribution is -2.50. The molecule has 1 aliphatic rings. The quantitative estimate of drug-likeness (QED) is 0.811. The van der Waals surface area contributed by atoms with E-state index < -0.39 is 0 Å². The summed E-state index contributed by atoms with van der Waals surface area (Å²) in [7, 11) is 0. The summed E-state index contributed by atoms with van der Waals surface area (Å²) in [5.74, 6) is 0.897. The minimum Gasteiger partial charge on any atom is -0.353 e. The first-order valence-corrected chi connectivity index (χ1v) is 8.22. The highest BCUT2D eigenvalue weighted by Gasteiger charge is 2.22. The molecule has 2 aromatic heterocycles. The van der Waals surface area contributed by atoms with E-state index in [4.69, 9.17) is 0 Å². The summed E-state index contributed by atoms with van der Waals surface area (Å²) in [6.45, 7) is 2.84. The number of carbonyl (C=O) groups excluding carboxylic acids is 1. The molecule has 0 bridgehead atoms. The van der Waals surface area contributed by atoms with Gasteiger partial charge in [0, 0.05) is 49.1 Å². The number of nitrogens with zero attached hydrogens (tertiary/aromatic N) is 4. The van der Waals surface area contributed by atoms with Gasteiger partial charge < -0.3 is 14.4 Å². The van der Waals surface area contributed by atoms with Gasteiger partial charge in [0.15, 0.2) is 0 Å². The van der Waals surface area contributed by atoms with Crippen molar-refractivity contribution in [1.29, 1.82) is 0 Å². The fourth-order valence-corrected chi connectivity index (χ4v) is 2.98. The molecule has 2 aromatic rings. The Morgan fingerprint density at radius 3 is 2.61 bits per heavy atom. The predicted molar refractivity (Wildman–Crippen MR) is 91.4 cm³/mol. The van der Waals surface area contributed by atoms with E-state index in [1.807, 2.05) is 18.2 Å². The Hall–Kier alpha value is -2.15. The summed E-state index contributed by atoms with van der Waals surface area (Å²) in [5, 5.41) is 0. The maximum atomic E-state index is 12.4. The molecular formula is C16H17BrN4O2. The average molecular weight is 377 g/mol. The second-order valence-corrected chi connectivity index (χ2v) is 6.28. The molecule has 3 heterocycles. The number of carbonyl (C=O) groups is 1. The molecule has 1 fully saturated rings. The lowest BCUT2D eigenvalue weighted by Gasteiger charge is -2.35. The summed E-state index contributed by atoms with van der Waals surface area (Å²) in [5.41, 5.74) is -0.173. The number of anilines is 1. The zero-order valence-electron chi connectivity index (χ0n) is 12.6. The SMILES string of the molecule is O=C(Cn1cc(Br)ccc1=O)N1CCN(c2ccccn2)CC1. The van der Waals surface area contributed by atoms with Crippen molar-refractivity contribution in [2.24, 2.45) is 0 Å². The van der Waals surface area contributed by atoms with E-state index >= 15 is 0 Å². The normalized spacial score (nSPS) is 14.8. The molecule has 0 unspecified atom stereocenters. The van der Waals surface area contributed by atoms with E-state index in [9.17, 15) is 9.59 Å². The molecule has 0 spiro atoms. The fourth-order valence-electron chi connectivity index (χ4n) is 2.60. The molecule has 0 saturated carbocycles. The highest BCUT2D eigenvalue weighted by molar-refractivity contribution is 9.10. The largest absolute Gasteiger partial charge is 0.353 e. The first kappa shape index (κ1) is 15.7. The topological polar surface area (TPSA) is 58.4 Å². The van der Waals surface area contributed by atoms with Gasteiger partial charge in [-0.05, 0) is 34.1 Å². The van der Waals surface area contributed by atoms with Crippen LogP contribution in [-0.2, 0) is 11.3 Å². The van der Waals surface area contributed by atoms with Gasteiger partial charge in [0.05, 0.1) is 0 Å². The van der Waals surface area contributed by atoms with Gasteiger partial charge >= 0.3 is 0 Å². The van der Waals surface area contributed by atoms with Gasteiger partial charge in [-0.15, -0.1) is 0 Å². The van der Waals surface area contributed by atoms with E-state index in [0.717, 1.165) is 23.4 Å². The first-order chi connectivity index (χ1) is 11.1. The van der Waals surface area contributed by atoms with E-state index in [1.165, 1.54) is 10.6 Å². The van der Waals surface area contributed by atoms with Crippen LogP contribution >= 0.6 is 15.9 Å². The highest BCUT2D eigenvalue weighted by Crippen LogP contribution is 2.13. The molecular weight excluding hydrogens is 360 g/mol. The zero-order valence-corrected chi connectivity index (χ0v) is 14.1. The lowest BCUT2D eigenvalue weighted by molar-refractivity contribution is -0.132. The number of hydrogen-bond donors (Lipinski definition) is 0. The van der Waals surface area contributed by atoms with Crippen LogP contribution in [0.1, 0.15) is 0 Å². The van der Waals surface area contributed by atoms with Crippen molar-refractivity contribution in [3.63, 3.8) is 0 Å². The van der Waals surface area contributed by atoms with Crippen molar-refractivity contribution < 1.29 is 4.79 Å². The maximum absolute atomic E-state index is 12.4. The highest BCUT2D eigenvalue weighted by atomic mass is 79.9. The van der Waals surface area contributed by atoms with Crippen molar-refractivity contribution in [3.8, 4) is 0 Å². The molecule has 1 saturated heterocycles. The molecule has 23 heavy (non-hydrogen) atoms. The predicted octanol–water partition coefficient (Wildman–Crippen LogP) is 1.35. The fraction of sp³-hybridized carbons (Fsp3) is 0.312. The Kier molecular flexibility index (Phi) is 4.76. The number of amides is 1. The van der Waals surface area contributed by atoms with Crippen LogP contribution in [0.15, 0.2) is 52.0 Å². The third-order valence-corrected chi connectivity index (χ3v) is 4.33. The molecule has 0 N–H and O–H groups in total. The van der Waals surface area contributed by atoms with Crippen molar-refractivity contribution in [3.05, 3.63) is 57.6 Å². The second-order valence-electron chi connectivity index (χ2n) is 5.37. The molecule has 7 heteroatoms. The first-order valence-electron chi connectivity index (χ1n) is 7.43. The van der Waals surface area contributed by atoms with Crippen LogP contribution in [0, 0.1) is 0 Å². The number of halogens is 1. The van der Waals surface area contributed by atoms with Gasteiger partial charge in [0.2, 0.25) is 5.91 Å². The van der Waals surface area contributed by atoms with Gasteiger partial charge in [0.1, 0.15) is 12.4 Å². The second kappa shape index (κ2) is 6.95. The third kappa shape index (κ3) is 3.79. The molecule has 0 atom stereocenters. The molecule has 6 nitrogen and oxygen atoms in total. The number of hydrogen-bond acceptors (Lipinski definition) is 4. The van der Waals surface area contributed by atoms with Crippen LogP contribution in [0.3, 0.4) is 0 Å². The number of rotatable bonds is 3. The summed E-state index contributed by atoms with van der Waals surface area (Å²) >= 11 is 3.32. The van der Waals surface area contributed by atoms with Crippen LogP contribution in [0.4, 0.5) is 5.82 Å². The van der Waals surface area contributed by atoms with Gasteiger partial charge in [-0.1, -0.05) is 6.07 Å². The monoisotopic (exact) mass is 376 g/mol. The van der Waals surface area contributed by atoms with Gasteiger partial charge in [-0.25, -0.2) is 4.98 Å². The lowest BCUT2D eigenvalue weighted by atomic mass is 10.3. The standard InChI is InChI=1S/C16H17BrN4O2/c17-13-4-5-15(22)21(11-13)12-16(23)20-9-7-19(8-10-20)14-3-1-2-6-18-14/h1-6,11H,7-10,12H2. The maximum Gasteiger partial charge on any atom is 0.251 e. The van der Waals surface area contributed by atoms with E-state index in [2.05, 4.69) is 25.8 Å². The Labute approximate surface area is 142 Å². The summed E-state index contributed by atoms with van der Waals surface area (Å²) < 4.78 is 2.21. The number of piperazine rings is 1. The molecule has 0 aromatic carbocycles. The van der Waals surface area contributed by atoms with E-state index in [1.54, 1.807) is 23.4 Å². The Bertz CT molecular complexity index is 739. The van der Waals surface area contributed by atoms with Crippen LogP contribution in [-0.4, -0.2) is 46.5 Å². The summed E-state index contributed by atoms with van der Waals surface area (Å²) in [6, 6.07) is 8.95. The Morgan fingerprint density at radius 2 is 1.91 bits per heavy atom. The molecule has 0 radical (unpaired) electrons. The van der Waals surface area contributed by atoms with Crippen LogP contribution < -0.4 is 10.5 Å². The van der Waals surface area contributed by atoms with E-state index in [-0.39, 0.29) is 18.0 Å². The van der Waals surface area contributed by atoms with Crippen molar-refractivity contribution in [2.75, 3.05) is 31.1 Å². The summed E-state index contributed by atoms with van der Waals surface area (Å²) in [6.07, 6.45) is 3.41. The van der Waals surface area contributed by atoms with E-state index in [0.29, 0.717) is 13.1 Å². The van der Waals surface area contributed by atoms with Crippen molar-refractivity contribution in [1.82, 2.24) is 14.5 Å². The smallest absolute Gasteiger partial charge is 0.251 e. The third-order valence-electron chi connectivity index (χ3n) is 3.86. The minimum atomic E-state index is -0.173. The van der Waals surface area contributed by atoms with Gasteiger partial charge in [-0.3, -0.25) is 9.59 Å². The zero-order chi connectivity index (χ0) is 16.2. The van der Waals surface area contributed by atoms with Gasteiger partial charge in [0.25, 0.3) is 5.56 Å². The molecule has 0 aliphatic carbocycles. The Balaban J connectivity index is 1.60. The molecule has 1 amide bonds. The average Bonchev–Trinajstić information content (AvgIpc) is 2.59. The van der Waals surface area contributed by atoms with Crippen LogP contribution in [0.5, 0.6) is 0 Å². The number of aromatic nitrogens is 2. The van der Waals surface area contributed by atoms with Crippen molar-refractivity contribution >= 4 is 27.7 Å². The molecule has 3 rings (SSSR count). The number of pyridine rings is 2. The van der Waals surface area contributed by atoms with Gasteiger partial charge in [-0.2, -0.15) is 0 Å². The molecule has 1 aliphatic heterocycles. The van der Waals surface area contributed by atoms with Crippen LogP contribution in [0.25, 0.3) is 0 Å². The van der Waals surface area contributed by atoms with Crippen LogP contribution in [0.2, 0.25) is 0 Å². The molecule has 120 valence electrons. The summed E-state index contributed by atoms with van der Waals surface area (Å²) in [4.78, 5) is 32.5. The van der Waals surface area contributed by atoms with Crippen molar-refractivity contribution in [2.45, 2.75) is 6.54 Å². The minimum absolute atomic E-state index is 0.0362.